The number of aryl methyl sites for hydroxylation is 1. The Morgan fingerprint density at radius 3 is 2.38 bits per heavy atom. The predicted molar refractivity (Wildman–Crippen MR) is 78.5 cm³/mol. The number of anilines is 1. The normalized spacial score (nSPS) is 10.7. The number of rotatable bonds is 4. The first kappa shape index (κ1) is 14.8. The van der Waals surface area contributed by atoms with Crippen molar-refractivity contribution in [3.8, 4) is 6.07 Å². The zero-order chi connectivity index (χ0) is 15.5. The van der Waals surface area contributed by atoms with Crippen LogP contribution in [0, 0.1) is 18.3 Å². The summed E-state index contributed by atoms with van der Waals surface area (Å²) in [4.78, 5) is 10.6. The van der Waals surface area contributed by atoms with Gasteiger partial charge >= 0.3 is 0 Å². The first-order valence-corrected chi connectivity index (χ1v) is 7.53. The first-order valence-electron chi connectivity index (χ1n) is 6.05. The van der Waals surface area contributed by atoms with Crippen LogP contribution in [0.2, 0.25) is 0 Å². The molecule has 0 unspecified atom stereocenters. The van der Waals surface area contributed by atoms with E-state index >= 15 is 0 Å². The number of nitriles is 1. The number of hydrogen-bond acceptors (Lipinski definition) is 4. The minimum Gasteiger partial charge on any atom is -0.298 e. The van der Waals surface area contributed by atoms with Crippen molar-refractivity contribution in [1.29, 1.82) is 5.26 Å². The molecule has 2 rings (SSSR count). The average molecular weight is 300 g/mol. The lowest BCUT2D eigenvalue weighted by Gasteiger charge is -2.10. The SMILES string of the molecule is Cc1ccc(C#N)cc1S(=O)(=O)Nc1ccc(C=O)cc1. The maximum absolute atomic E-state index is 12.4. The summed E-state index contributed by atoms with van der Waals surface area (Å²) in [7, 11) is -3.79. The molecule has 6 heteroatoms. The summed E-state index contributed by atoms with van der Waals surface area (Å²) < 4.78 is 27.1. The van der Waals surface area contributed by atoms with Crippen LogP contribution >= 0.6 is 0 Å². The van der Waals surface area contributed by atoms with Gasteiger partial charge in [0.15, 0.2) is 0 Å². The minimum absolute atomic E-state index is 0.0565. The van der Waals surface area contributed by atoms with E-state index in [9.17, 15) is 13.2 Å². The standard InChI is InChI=1S/C15H12N2O3S/c1-11-2-3-13(9-16)8-15(11)21(19,20)17-14-6-4-12(10-18)5-7-14/h2-8,10,17H,1H3. The highest BCUT2D eigenvalue weighted by molar-refractivity contribution is 7.92. The van der Waals surface area contributed by atoms with Crippen molar-refractivity contribution in [3.63, 3.8) is 0 Å². The molecule has 0 aromatic heterocycles. The molecule has 2 aromatic rings. The summed E-state index contributed by atoms with van der Waals surface area (Å²) in [5.41, 5.74) is 1.63. The number of carbonyl (C=O) groups excluding carboxylic acids is 1. The van der Waals surface area contributed by atoms with Crippen molar-refractivity contribution < 1.29 is 13.2 Å². The largest absolute Gasteiger partial charge is 0.298 e. The van der Waals surface area contributed by atoms with Gasteiger partial charge in [-0.3, -0.25) is 9.52 Å². The summed E-state index contributed by atoms with van der Waals surface area (Å²) >= 11 is 0. The number of hydrogen-bond donors (Lipinski definition) is 1. The fourth-order valence-corrected chi connectivity index (χ4v) is 3.13. The van der Waals surface area contributed by atoms with Crippen molar-refractivity contribution in [1.82, 2.24) is 0 Å². The van der Waals surface area contributed by atoms with Gasteiger partial charge in [-0.2, -0.15) is 5.26 Å². The summed E-state index contributed by atoms with van der Waals surface area (Å²) in [6.07, 6.45) is 0.679. The number of nitrogens with one attached hydrogen (secondary N) is 1. The zero-order valence-corrected chi connectivity index (χ0v) is 12.0. The smallest absolute Gasteiger partial charge is 0.262 e. The van der Waals surface area contributed by atoms with Crippen molar-refractivity contribution in [2.45, 2.75) is 11.8 Å². The molecule has 0 heterocycles. The first-order chi connectivity index (χ1) is 9.96. The third-order valence-corrected chi connectivity index (χ3v) is 4.43. The molecule has 5 nitrogen and oxygen atoms in total. The maximum Gasteiger partial charge on any atom is 0.262 e. The molecular formula is C15H12N2O3S. The van der Waals surface area contributed by atoms with E-state index < -0.39 is 10.0 Å². The van der Waals surface area contributed by atoms with Crippen molar-refractivity contribution in [2.75, 3.05) is 4.72 Å². The molecule has 0 saturated heterocycles. The van der Waals surface area contributed by atoms with E-state index in [0.29, 0.717) is 23.1 Å². The monoisotopic (exact) mass is 300 g/mol. The average Bonchev–Trinajstić information content (AvgIpc) is 2.48. The Bertz CT molecular complexity index is 819. The summed E-state index contributed by atoms with van der Waals surface area (Å²) in [6.45, 7) is 1.66. The highest BCUT2D eigenvalue weighted by Gasteiger charge is 2.17. The molecule has 0 aliphatic rings. The molecular weight excluding hydrogens is 288 g/mol. The molecule has 0 fully saturated rings. The molecule has 106 valence electrons. The van der Waals surface area contributed by atoms with Gasteiger partial charge in [0, 0.05) is 11.3 Å². The maximum atomic E-state index is 12.4. The van der Waals surface area contributed by atoms with Crippen LogP contribution in [0.3, 0.4) is 0 Å². The van der Waals surface area contributed by atoms with Crippen LogP contribution in [0.15, 0.2) is 47.4 Å². The minimum atomic E-state index is -3.79. The number of benzene rings is 2. The van der Waals surface area contributed by atoms with Gasteiger partial charge in [0.25, 0.3) is 10.0 Å². The highest BCUT2D eigenvalue weighted by Crippen LogP contribution is 2.20. The van der Waals surface area contributed by atoms with Gasteiger partial charge in [0.2, 0.25) is 0 Å². The molecule has 0 bridgehead atoms. The Kier molecular flexibility index (Phi) is 4.05. The van der Waals surface area contributed by atoms with Gasteiger partial charge in [-0.1, -0.05) is 6.07 Å². The van der Waals surface area contributed by atoms with Gasteiger partial charge in [0.05, 0.1) is 16.5 Å². The molecule has 0 atom stereocenters. The second kappa shape index (κ2) is 5.77. The molecule has 0 saturated carbocycles. The number of nitrogens with zero attached hydrogens (tertiary/aromatic N) is 1. The Morgan fingerprint density at radius 1 is 1.14 bits per heavy atom. The Morgan fingerprint density at radius 2 is 1.81 bits per heavy atom. The van der Waals surface area contributed by atoms with E-state index in [1.807, 2.05) is 6.07 Å². The molecule has 0 radical (unpaired) electrons. The zero-order valence-electron chi connectivity index (χ0n) is 11.2. The lowest BCUT2D eigenvalue weighted by Crippen LogP contribution is -2.14. The van der Waals surface area contributed by atoms with Gasteiger partial charge in [-0.05, 0) is 48.9 Å². The number of carbonyl (C=O) groups is 1. The molecule has 0 amide bonds. The molecule has 21 heavy (non-hydrogen) atoms. The summed E-state index contributed by atoms with van der Waals surface area (Å²) in [6, 6.07) is 12.4. The van der Waals surface area contributed by atoms with Crippen molar-refractivity contribution in [2.24, 2.45) is 0 Å². The molecule has 0 aliphatic carbocycles. The van der Waals surface area contributed by atoms with Crippen LogP contribution in [-0.4, -0.2) is 14.7 Å². The van der Waals surface area contributed by atoms with E-state index in [4.69, 9.17) is 5.26 Å². The molecule has 0 spiro atoms. The van der Waals surface area contributed by atoms with Crippen LogP contribution in [-0.2, 0) is 10.0 Å². The Balaban J connectivity index is 2.38. The summed E-state index contributed by atoms with van der Waals surface area (Å²) in [5, 5.41) is 8.87. The topological polar surface area (TPSA) is 87.0 Å². The second-order valence-electron chi connectivity index (χ2n) is 4.44. The van der Waals surface area contributed by atoms with Gasteiger partial charge in [0.1, 0.15) is 6.29 Å². The Hall–Kier alpha value is -2.65. The predicted octanol–water partition coefficient (Wildman–Crippen LogP) is 2.48. The number of sulfonamides is 1. The lowest BCUT2D eigenvalue weighted by molar-refractivity contribution is 0.112. The van der Waals surface area contributed by atoms with Crippen LogP contribution < -0.4 is 4.72 Å². The quantitative estimate of drug-likeness (QED) is 0.879. The second-order valence-corrected chi connectivity index (χ2v) is 6.09. The summed E-state index contributed by atoms with van der Waals surface area (Å²) in [5.74, 6) is 0. The van der Waals surface area contributed by atoms with Gasteiger partial charge < -0.3 is 0 Å². The van der Waals surface area contributed by atoms with Crippen LogP contribution in [0.1, 0.15) is 21.5 Å². The van der Waals surface area contributed by atoms with Gasteiger partial charge in [-0.15, -0.1) is 0 Å². The highest BCUT2D eigenvalue weighted by atomic mass is 32.2. The van der Waals surface area contributed by atoms with Crippen LogP contribution in [0.4, 0.5) is 5.69 Å². The van der Waals surface area contributed by atoms with Crippen molar-refractivity contribution in [3.05, 3.63) is 59.2 Å². The molecule has 1 N–H and O–H groups in total. The van der Waals surface area contributed by atoms with Crippen molar-refractivity contribution >= 4 is 22.0 Å². The lowest BCUT2D eigenvalue weighted by atomic mass is 10.2. The third kappa shape index (κ3) is 3.27. The molecule has 0 aliphatic heterocycles. The van der Waals surface area contributed by atoms with Gasteiger partial charge in [-0.25, -0.2) is 8.42 Å². The van der Waals surface area contributed by atoms with E-state index in [1.54, 1.807) is 19.1 Å². The van der Waals surface area contributed by atoms with Crippen LogP contribution in [0.25, 0.3) is 0 Å². The number of aldehydes is 1. The van der Waals surface area contributed by atoms with E-state index in [2.05, 4.69) is 4.72 Å². The fourth-order valence-electron chi connectivity index (χ4n) is 1.80. The fraction of sp³-hybridized carbons (Fsp3) is 0.0667. The van der Waals surface area contributed by atoms with E-state index in [-0.39, 0.29) is 10.5 Å². The van der Waals surface area contributed by atoms with Crippen LogP contribution in [0.5, 0.6) is 0 Å². The van der Waals surface area contributed by atoms with E-state index in [0.717, 1.165) is 0 Å². The third-order valence-electron chi connectivity index (χ3n) is 2.91. The Labute approximate surface area is 122 Å². The van der Waals surface area contributed by atoms with E-state index in [1.165, 1.54) is 30.3 Å². The molecule has 2 aromatic carbocycles.